The number of hydrogen-bond acceptors (Lipinski definition) is 3. The number of rotatable bonds is 2. The van der Waals surface area contributed by atoms with Crippen molar-refractivity contribution >= 4 is 34.2 Å². The minimum absolute atomic E-state index is 0.175. The summed E-state index contributed by atoms with van der Waals surface area (Å²) in [5, 5.41) is 16.5. The Kier molecular flexibility index (Phi) is 3.39. The third kappa shape index (κ3) is 2.52. The summed E-state index contributed by atoms with van der Waals surface area (Å²) in [7, 11) is 0. The molecule has 9 heteroatoms. The number of halogens is 5. The van der Waals surface area contributed by atoms with Gasteiger partial charge in [0.15, 0.2) is 6.10 Å². The van der Waals surface area contributed by atoms with Gasteiger partial charge in [0.25, 0.3) is 0 Å². The zero-order chi connectivity index (χ0) is 13.5. The van der Waals surface area contributed by atoms with Crippen molar-refractivity contribution in [2.45, 2.75) is 18.8 Å². The van der Waals surface area contributed by atoms with Crippen molar-refractivity contribution in [3.8, 4) is 0 Å². The van der Waals surface area contributed by atoms with Crippen LogP contribution in [-0.2, 0) is 6.54 Å². The van der Waals surface area contributed by atoms with Crippen LogP contribution in [0.2, 0.25) is 10.0 Å². The fraction of sp³-hybridized carbons (Fsp3) is 0.333. The summed E-state index contributed by atoms with van der Waals surface area (Å²) in [6, 6.07) is 2.74. The molecule has 1 aromatic heterocycles. The van der Waals surface area contributed by atoms with Gasteiger partial charge in [0.1, 0.15) is 5.52 Å². The monoisotopic (exact) mass is 299 g/mol. The van der Waals surface area contributed by atoms with Crippen molar-refractivity contribution in [2.24, 2.45) is 0 Å². The van der Waals surface area contributed by atoms with Gasteiger partial charge >= 0.3 is 6.18 Å². The molecule has 0 saturated carbocycles. The van der Waals surface area contributed by atoms with E-state index in [1.807, 2.05) is 0 Å². The Morgan fingerprint density at radius 1 is 1.28 bits per heavy atom. The SMILES string of the molecule is O[C@@H](Cn1nnc2cc(Cl)c(Cl)cc21)C(F)(F)F. The Hall–Kier alpha value is -1.05. The predicted octanol–water partition coefficient (Wildman–Crippen LogP) is 2.66. The van der Waals surface area contributed by atoms with Crippen LogP contribution in [0.25, 0.3) is 11.0 Å². The first-order valence-corrected chi connectivity index (χ1v) is 5.47. The van der Waals surface area contributed by atoms with E-state index in [0.717, 1.165) is 4.68 Å². The van der Waals surface area contributed by atoms with Crippen LogP contribution in [0.5, 0.6) is 0 Å². The van der Waals surface area contributed by atoms with E-state index in [1.165, 1.54) is 12.1 Å². The van der Waals surface area contributed by atoms with Crippen molar-refractivity contribution < 1.29 is 18.3 Å². The highest BCUT2D eigenvalue weighted by molar-refractivity contribution is 6.42. The molecule has 0 aliphatic heterocycles. The van der Waals surface area contributed by atoms with E-state index in [4.69, 9.17) is 28.3 Å². The van der Waals surface area contributed by atoms with Crippen LogP contribution in [0, 0.1) is 0 Å². The highest BCUT2D eigenvalue weighted by atomic mass is 35.5. The average molecular weight is 300 g/mol. The standard InChI is InChI=1S/C9H6Cl2F3N3O/c10-4-1-6-7(2-5(4)11)17(16-15-6)3-8(18)9(12,13)14/h1-2,8,18H,3H2/t8-/m0/s1. The first-order chi connectivity index (χ1) is 8.29. The summed E-state index contributed by atoms with van der Waals surface area (Å²) in [4.78, 5) is 0. The second kappa shape index (κ2) is 4.56. The van der Waals surface area contributed by atoms with Crippen molar-refractivity contribution in [1.82, 2.24) is 15.0 Å². The zero-order valence-corrected chi connectivity index (χ0v) is 10.1. The molecule has 4 nitrogen and oxygen atoms in total. The van der Waals surface area contributed by atoms with Gasteiger partial charge < -0.3 is 5.11 Å². The topological polar surface area (TPSA) is 50.9 Å². The van der Waals surface area contributed by atoms with E-state index in [0.29, 0.717) is 5.52 Å². The zero-order valence-electron chi connectivity index (χ0n) is 8.62. The smallest absolute Gasteiger partial charge is 0.382 e. The molecular formula is C9H6Cl2F3N3O. The molecule has 0 bridgehead atoms. The number of aliphatic hydroxyl groups is 1. The molecule has 98 valence electrons. The molecule has 1 N–H and O–H groups in total. The fourth-order valence-corrected chi connectivity index (χ4v) is 1.68. The summed E-state index contributed by atoms with van der Waals surface area (Å²) in [5.74, 6) is 0. The van der Waals surface area contributed by atoms with Crippen LogP contribution in [0.1, 0.15) is 0 Å². The summed E-state index contributed by atoms with van der Waals surface area (Å²) >= 11 is 11.5. The lowest BCUT2D eigenvalue weighted by Crippen LogP contribution is -2.33. The lowest BCUT2D eigenvalue weighted by atomic mass is 10.3. The lowest BCUT2D eigenvalue weighted by molar-refractivity contribution is -0.207. The van der Waals surface area contributed by atoms with Gasteiger partial charge in [-0.05, 0) is 12.1 Å². The summed E-state index contributed by atoms with van der Waals surface area (Å²) < 4.78 is 37.6. The number of aliphatic hydroxyl groups excluding tert-OH is 1. The van der Waals surface area contributed by atoms with E-state index in [-0.39, 0.29) is 15.6 Å². The minimum atomic E-state index is -4.71. The number of hydrogen-bond donors (Lipinski definition) is 1. The summed E-state index contributed by atoms with van der Waals surface area (Å²) in [5.41, 5.74) is 0.575. The average Bonchev–Trinajstić information content (AvgIpc) is 2.61. The second-order valence-corrected chi connectivity index (χ2v) is 4.40. The van der Waals surface area contributed by atoms with E-state index in [1.54, 1.807) is 0 Å². The van der Waals surface area contributed by atoms with Gasteiger partial charge in [0, 0.05) is 0 Å². The molecule has 0 aliphatic carbocycles. The van der Waals surface area contributed by atoms with Crippen LogP contribution in [0.4, 0.5) is 13.2 Å². The van der Waals surface area contributed by atoms with Gasteiger partial charge in [-0.2, -0.15) is 13.2 Å². The molecule has 0 amide bonds. The highest BCUT2D eigenvalue weighted by Crippen LogP contribution is 2.27. The van der Waals surface area contributed by atoms with Crippen molar-refractivity contribution in [1.29, 1.82) is 0 Å². The quantitative estimate of drug-likeness (QED) is 0.927. The lowest BCUT2D eigenvalue weighted by Gasteiger charge is -2.14. The maximum absolute atomic E-state index is 12.2. The third-order valence-corrected chi connectivity index (χ3v) is 3.00. The van der Waals surface area contributed by atoms with Gasteiger partial charge in [0.2, 0.25) is 0 Å². The van der Waals surface area contributed by atoms with Crippen molar-refractivity contribution in [3.63, 3.8) is 0 Å². The van der Waals surface area contributed by atoms with Gasteiger partial charge in [-0.25, -0.2) is 4.68 Å². The van der Waals surface area contributed by atoms with Crippen LogP contribution < -0.4 is 0 Å². The molecular weight excluding hydrogens is 294 g/mol. The Bertz CT molecular complexity index is 584. The van der Waals surface area contributed by atoms with Crippen LogP contribution in [-0.4, -0.2) is 32.4 Å². The van der Waals surface area contributed by atoms with Crippen LogP contribution in [0.15, 0.2) is 12.1 Å². The fourth-order valence-electron chi connectivity index (χ4n) is 1.37. The molecule has 1 aromatic carbocycles. The number of nitrogens with zero attached hydrogens (tertiary/aromatic N) is 3. The molecule has 2 aromatic rings. The van der Waals surface area contributed by atoms with Crippen LogP contribution >= 0.6 is 23.2 Å². The molecule has 1 heterocycles. The summed E-state index contributed by atoms with van der Waals surface area (Å²) in [6.45, 7) is -0.752. The van der Waals surface area contributed by atoms with Crippen LogP contribution in [0.3, 0.4) is 0 Å². The largest absolute Gasteiger partial charge is 0.416 e. The molecule has 2 rings (SSSR count). The van der Waals surface area contributed by atoms with Gasteiger partial charge in [-0.15, -0.1) is 5.10 Å². The van der Waals surface area contributed by atoms with Crippen molar-refractivity contribution in [3.05, 3.63) is 22.2 Å². The summed E-state index contributed by atoms with van der Waals surface area (Å²) in [6.07, 6.45) is -7.23. The van der Waals surface area contributed by atoms with E-state index < -0.39 is 18.8 Å². The second-order valence-electron chi connectivity index (χ2n) is 3.58. The maximum Gasteiger partial charge on any atom is 0.416 e. The first kappa shape index (κ1) is 13.4. The Morgan fingerprint density at radius 3 is 2.50 bits per heavy atom. The van der Waals surface area contributed by atoms with E-state index in [9.17, 15) is 13.2 Å². The molecule has 0 fully saturated rings. The van der Waals surface area contributed by atoms with E-state index >= 15 is 0 Å². The van der Waals surface area contributed by atoms with Gasteiger partial charge in [-0.1, -0.05) is 28.4 Å². The molecule has 0 aliphatic rings. The number of aromatic nitrogens is 3. The molecule has 0 saturated heterocycles. The Morgan fingerprint density at radius 2 is 1.89 bits per heavy atom. The Balaban J connectivity index is 2.38. The number of benzene rings is 1. The Labute approximate surface area is 109 Å². The normalized spacial score (nSPS) is 14.1. The third-order valence-electron chi connectivity index (χ3n) is 2.28. The molecule has 1 atom stereocenters. The van der Waals surface area contributed by atoms with Gasteiger partial charge in [0.05, 0.1) is 22.1 Å². The predicted molar refractivity (Wildman–Crippen MR) is 59.6 cm³/mol. The molecule has 0 spiro atoms. The number of fused-ring (bicyclic) bond motifs is 1. The molecule has 18 heavy (non-hydrogen) atoms. The molecule has 0 radical (unpaired) electrons. The highest BCUT2D eigenvalue weighted by Gasteiger charge is 2.38. The minimum Gasteiger partial charge on any atom is -0.382 e. The first-order valence-electron chi connectivity index (χ1n) is 4.72. The molecule has 0 unspecified atom stereocenters. The van der Waals surface area contributed by atoms with Gasteiger partial charge in [-0.3, -0.25) is 0 Å². The van der Waals surface area contributed by atoms with E-state index in [2.05, 4.69) is 10.3 Å². The maximum atomic E-state index is 12.2. The number of alkyl halides is 3. The van der Waals surface area contributed by atoms with Crippen molar-refractivity contribution in [2.75, 3.05) is 0 Å².